The lowest BCUT2D eigenvalue weighted by atomic mass is 9.88. The van der Waals surface area contributed by atoms with Gasteiger partial charge in [-0.15, -0.1) is 0 Å². The molecule has 0 aromatic rings. The van der Waals surface area contributed by atoms with Gasteiger partial charge < -0.3 is 4.74 Å². The molecule has 0 N–H and O–H groups in total. The molecule has 3 atom stereocenters. The molecule has 0 aromatic heterocycles. The van der Waals surface area contributed by atoms with Crippen molar-refractivity contribution in [2.45, 2.75) is 48.0 Å². The zero-order valence-electron chi connectivity index (χ0n) is 8.56. The van der Waals surface area contributed by atoms with Crippen LogP contribution in [0.15, 0.2) is 11.6 Å². The zero-order valence-corrected chi connectivity index (χ0v) is 12.5. The van der Waals surface area contributed by atoms with Gasteiger partial charge in [-0.25, -0.2) is 0 Å². The molecular formula is C10H15Br2ClO. The van der Waals surface area contributed by atoms with Crippen molar-refractivity contribution in [1.82, 2.24) is 0 Å². The van der Waals surface area contributed by atoms with E-state index in [0.29, 0.717) is 4.83 Å². The van der Waals surface area contributed by atoms with Crippen molar-refractivity contribution in [2.24, 2.45) is 0 Å². The van der Waals surface area contributed by atoms with Crippen molar-refractivity contribution in [1.29, 1.82) is 0 Å². The van der Waals surface area contributed by atoms with Crippen LogP contribution in [0.1, 0.15) is 27.2 Å². The Balaban J connectivity index is 2.89. The second kappa shape index (κ2) is 4.44. The van der Waals surface area contributed by atoms with E-state index in [1.54, 1.807) is 0 Å². The van der Waals surface area contributed by atoms with Gasteiger partial charge in [0.1, 0.15) is 0 Å². The summed E-state index contributed by atoms with van der Waals surface area (Å²) < 4.78 is 6.06. The number of hydrogen-bond acceptors (Lipinski definition) is 1. The Morgan fingerprint density at radius 2 is 1.86 bits per heavy atom. The van der Waals surface area contributed by atoms with Gasteiger partial charge >= 0.3 is 0 Å². The third-order valence-corrected chi connectivity index (χ3v) is 5.55. The molecular weight excluding hydrogens is 331 g/mol. The molecule has 0 aliphatic carbocycles. The number of ether oxygens (including phenoxy) is 1. The maximum atomic E-state index is 6.06. The third kappa shape index (κ3) is 2.55. The zero-order chi connectivity index (χ0) is 11.0. The first-order valence-corrected chi connectivity index (χ1v) is 6.85. The molecule has 1 aliphatic rings. The Hall–Kier alpha value is 0.950. The first-order chi connectivity index (χ1) is 6.32. The largest absolute Gasteiger partial charge is 0.363 e. The predicted octanol–water partition coefficient (Wildman–Crippen LogP) is 4.22. The fourth-order valence-corrected chi connectivity index (χ4v) is 3.50. The molecule has 0 bridgehead atoms. The summed E-state index contributed by atoms with van der Waals surface area (Å²) in [7, 11) is 0. The van der Waals surface area contributed by atoms with E-state index in [1.807, 2.05) is 13.0 Å². The topological polar surface area (TPSA) is 9.23 Å². The summed E-state index contributed by atoms with van der Waals surface area (Å²) in [4.78, 5) is 0.638. The average molecular weight is 346 g/mol. The van der Waals surface area contributed by atoms with Crippen LogP contribution >= 0.6 is 43.5 Å². The highest BCUT2D eigenvalue weighted by Crippen LogP contribution is 2.43. The Kier molecular flexibility index (Phi) is 4.13. The molecule has 0 amide bonds. The van der Waals surface area contributed by atoms with Crippen molar-refractivity contribution in [3.63, 3.8) is 0 Å². The van der Waals surface area contributed by atoms with E-state index in [2.05, 4.69) is 45.7 Å². The Labute approximate surface area is 107 Å². The Morgan fingerprint density at radius 1 is 1.29 bits per heavy atom. The molecule has 0 saturated carbocycles. The molecule has 82 valence electrons. The summed E-state index contributed by atoms with van der Waals surface area (Å²) in [5.41, 5.74) is 1.03. The van der Waals surface area contributed by atoms with Gasteiger partial charge in [-0.3, -0.25) is 0 Å². The minimum absolute atomic E-state index is 0.171. The Bertz CT molecular complexity index is 242. The van der Waals surface area contributed by atoms with Crippen molar-refractivity contribution in [3.05, 3.63) is 11.6 Å². The van der Waals surface area contributed by atoms with E-state index in [1.165, 1.54) is 5.54 Å². The van der Waals surface area contributed by atoms with Gasteiger partial charge in [0.05, 0.1) is 11.2 Å². The average Bonchev–Trinajstić information content (AvgIpc) is 2.01. The van der Waals surface area contributed by atoms with Crippen LogP contribution in [0.2, 0.25) is 0 Å². The lowest BCUT2D eigenvalue weighted by Crippen LogP contribution is -2.54. The first-order valence-electron chi connectivity index (χ1n) is 4.58. The summed E-state index contributed by atoms with van der Waals surface area (Å²) in [5, 5.41) is 0. The first kappa shape index (κ1) is 13.0. The second-order valence-corrected chi connectivity index (χ2v) is 6.82. The number of halogens is 3. The van der Waals surface area contributed by atoms with Gasteiger partial charge in [-0.2, -0.15) is 0 Å². The lowest BCUT2D eigenvalue weighted by molar-refractivity contribution is -0.129. The molecule has 1 fully saturated rings. The molecule has 0 radical (unpaired) electrons. The van der Waals surface area contributed by atoms with Crippen molar-refractivity contribution in [3.8, 4) is 0 Å². The monoisotopic (exact) mass is 344 g/mol. The van der Waals surface area contributed by atoms with E-state index in [4.69, 9.17) is 16.3 Å². The fourth-order valence-electron chi connectivity index (χ4n) is 1.66. The van der Waals surface area contributed by atoms with Gasteiger partial charge in [0.15, 0.2) is 0 Å². The second-order valence-electron chi connectivity index (χ2n) is 4.35. The van der Waals surface area contributed by atoms with Crippen LogP contribution < -0.4 is 0 Å². The molecule has 4 heteroatoms. The van der Waals surface area contributed by atoms with Crippen LogP contribution in [-0.4, -0.2) is 20.9 Å². The highest BCUT2D eigenvalue weighted by molar-refractivity contribution is 9.10. The molecule has 1 heterocycles. The van der Waals surface area contributed by atoms with E-state index in [0.717, 1.165) is 6.42 Å². The fraction of sp³-hybridized carbons (Fsp3) is 0.800. The molecule has 1 aliphatic heterocycles. The smallest absolute Gasteiger partial charge is 0.0978 e. The van der Waals surface area contributed by atoms with Crippen LogP contribution in [0.25, 0.3) is 0 Å². The van der Waals surface area contributed by atoms with E-state index < -0.39 is 0 Å². The maximum absolute atomic E-state index is 6.06. The normalized spacial score (nSPS) is 43.0. The number of hydrogen-bond donors (Lipinski definition) is 0. The van der Waals surface area contributed by atoms with Gasteiger partial charge in [0.2, 0.25) is 0 Å². The van der Waals surface area contributed by atoms with Crippen LogP contribution in [0.5, 0.6) is 0 Å². The lowest BCUT2D eigenvalue weighted by Gasteiger charge is -2.48. The van der Waals surface area contributed by atoms with Gasteiger partial charge in [0, 0.05) is 15.2 Å². The maximum Gasteiger partial charge on any atom is 0.0978 e. The quantitative estimate of drug-likeness (QED) is 0.646. The van der Waals surface area contributed by atoms with Crippen molar-refractivity contribution >= 4 is 43.5 Å². The standard InChI is InChI=1S/C10H15Br2ClO/c1-9(2)7(11)6-8(12)10(3,14-9)4-5-13/h4-5,7-8H,6H2,1-3H3/b5-4+/t7-,8-,10+/m0/s1. The number of alkyl halides is 2. The molecule has 0 aromatic carbocycles. The van der Waals surface area contributed by atoms with Crippen molar-refractivity contribution in [2.75, 3.05) is 0 Å². The van der Waals surface area contributed by atoms with Crippen LogP contribution in [0.3, 0.4) is 0 Å². The summed E-state index contributed by atoms with van der Waals surface area (Å²) in [5.74, 6) is 0. The summed E-state index contributed by atoms with van der Waals surface area (Å²) in [6, 6.07) is 0. The SMILES string of the molecule is CC1(C)O[C@](C)(/C=C/Cl)[C@@H](Br)C[C@@H]1Br. The van der Waals surface area contributed by atoms with Crippen LogP contribution in [0.4, 0.5) is 0 Å². The highest BCUT2D eigenvalue weighted by atomic mass is 79.9. The summed E-state index contributed by atoms with van der Waals surface area (Å²) >= 11 is 12.9. The summed E-state index contributed by atoms with van der Waals surface area (Å²) in [6.45, 7) is 6.23. The Morgan fingerprint density at radius 3 is 2.36 bits per heavy atom. The van der Waals surface area contributed by atoms with E-state index in [9.17, 15) is 0 Å². The number of rotatable bonds is 1. The van der Waals surface area contributed by atoms with E-state index in [-0.39, 0.29) is 16.0 Å². The van der Waals surface area contributed by atoms with Gasteiger partial charge in [0.25, 0.3) is 0 Å². The summed E-state index contributed by atoms with van der Waals surface area (Å²) in [6.07, 6.45) is 2.92. The predicted molar refractivity (Wildman–Crippen MR) is 68.6 cm³/mol. The van der Waals surface area contributed by atoms with Gasteiger partial charge in [-0.05, 0) is 33.3 Å². The van der Waals surface area contributed by atoms with Crippen LogP contribution in [-0.2, 0) is 4.74 Å². The molecule has 14 heavy (non-hydrogen) atoms. The molecule has 1 nitrogen and oxygen atoms in total. The van der Waals surface area contributed by atoms with Gasteiger partial charge in [-0.1, -0.05) is 43.5 Å². The van der Waals surface area contributed by atoms with E-state index >= 15 is 0 Å². The highest BCUT2D eigenvalue weighted by Gasteiger charge is 2.46. The molecule has 1 rings (SSSR count). The minimum Gasteiger partial charge on any atom is -0.363 e. The molecule has 1 saturated heterocycles. The minimum atomic E-state index is -0.324. The van der Waals surface area contributed by atoms with Crippen molar-refractivity contribution < 1.29 is 4.74 Å². The molecule has 0 unspecified atom stereocenters. The van der Waals surface area contributed by atoms with Crippen LogP contribution in [0, 0.1) is 0 Å². The third-order valence-electron chi connectivity index (χ3n) is 2.67. The molecule has 0 spiro atoms.